The van der Waals surface area contributed by atoms with E-state index in [4.69, 9.17) is 0 Å². The monoisotopic (exact) mass is 451 g/mol. The number of aromatic nitrogens is 1. The van der Waals surface area contributed by atoms with Crippen LogP contribution < -0.4 is 5.32 Å². The van der Waals surface area contributed by atoms with E-state index in [1.54, 1.807) is 6.92 Å². The second-order valence-electron chi connectivity index (χ2n) is 7.71. The fourth-order valence-electron chi connectivity index (χ4n) is 3.87. The summed E-state index contributed by atoms with van der Waals surface area (Å²) in [5.41, 5.74) is 0.902. The number of Topliss-reactive ketones (excluding diaryl/α,β-unsaturated/α-hetero) is 1. The van der Waals surface area contributed by atoms with Crippen molar-refractivity contribution >= 4 is 27.7 Å². The molecular weight excluding hydrogens is 431 g/mol. The van der Waals surface area contributed by atoms with Crippen molar-refractivity contribution < 1.29 is 26.4 Å². The van der Waals surface area contributed by atoms with Gasteiger partial charge in [0.05, 0.1) is 22.1 Å². The predicted molar refractivity (Wildman–Crippen MR) is 111 cm³/mol. The third-order valence-corrected chi connectivity index (χ3v) is 7.93. The maximum absolute atomic E-state index is 12.9. The molecular formula is C21H20F3N3O3S. The molecule has 0 aliphatic carbocycles. The minimum absolute atomic E-state index is 0.139. The number of alkyl halides is 3. The highest BCUT2D eigenvalue weighted by Gasteiger charge is 2.33. The van der Waals surface area contributed by atoms with E-state index in [2.05, 4.69) is 15.3 Å². The van der Waals surface area contributed by atoms with Gasteiger partial charge in [0.15, 0.2) is 15.6 Å². The Morgan fingerprint density at radius 3 is 2.52 bits per heavy atom. The van der Waals surface area contributed by atoms with Crippen molar-refractivity contribution in [1.29, 1.82) is 0 Å². The molecule has 0 radical (unpaired) electrons. The van der Waals surface area contributed by atoms with Crippen LogP contribution in [0.2, 0.25) is 0 Å². The molecule has 10 heteroatoms. The largest absolute Gasteiger partial charge is 0.416 e. The first kappa shape index (κ1) is 21.5. The molecule has 4 rings (SSSR count). The third kappa shape index (κ3) is 4.08. The van der Waals surface area contributed by atoms with E-state index in [-0.39, 0.29) is 29.5 Å². The summed E-state index contributed by atoms with van der Waals surface area (Å²) in [7, 11) is -3.16. The number of aliphatic imine (C=N–C) groups is 1. The van der Waals surface area contributed by atoms with Crippen LogP contribution in [-0.2, 0) is 16.0 Å². The summed E-state index contributed by atoms with van der Waals surface area (Å²) in [6.45, 7) is 1.78. The van der Waals surface area contributed by atoms with Gasteiger partial charge in [-0.1, -0.05) is 12.1 Å². The van der Waals surface area contributed by atoms with E-state index in [9.17, 15) is 26.4 Å². The normalized spacial score (nSPS) is 22.4. The van der Waals surface area contributed by atoms with E-state index in [1.165, 1.54) is 24.5 Å². The van der Waals surface area contributed by atoms with Gasteiger partial charge in [-0.05, 0) is 37.5 Å². The molecule has 164 valence electrons. The molecule has 1 saturated heterocycles. The SMILES string of the molecule is CC1N=Cc2c(-c3ccc(C(F)(F)F)cc3)cnc(NCC3CCCS3(=O)=O)c2C1=O. The number of carbonyl (C=O) groups excluding carboxylic acids is 1. The van der Waals surface area contributed by atoms with Crippen molar-refractivity contribution in [2.75, 3.05) is 17.6 Å². The Kier molecular flexibility index (Phi) is 5.36. The number of sulfone groups is 1. The van der Waals surface area contributed by atoms with Gasteiger partial charge in [0, 0.05) is 30.1 Å². The van der Waals surface area contributed by atoms with Crippen LogP contribution in [0.15, 0.2) is 35.5 Å². The molecule has 2 atom stereocenters. The van der Waals surface area contributed by atoms with Crippen molar-refractivity contribution in [3.05, 3.63) is 47.2 Å². The van der Waals surface area contributed by atoms with Crippen molar-refractivity contribution in [2.24, 2.45) is 4.99 Å². The van der Waals surface area contributed by atoms with Gasteiger partial charge in [-0.25, -0.2) is 13.4 Å². The molecule has 2 aliphatic heterocycles. The highest BCUT2D eigenvalue weighted by atomic mass is 32.2. The zero-order chi connectivity index (χ0) is 22.4. The van der Waals surface area contributed by atoms with Gasteiger partial charge in [0.1, 0.15) is 11.9 Å². The first-order valence-electron chi connectivity index (χ1n) is 9.81. The number of nitrogens with zero attached hydrogens (tertiary/aromatic N) is 2. The van der Waals surface area contributed by atoms with Gasteiger partial charge in [-0.2, -0.15) is 13.2 Å². The summed E-state index contributed by atoms with van der Waals surface area (Å²) in [4.78, 5) is 21.4. The van der Waals surface area contributed by atoms with E-state index in [0.717, 1.165) is 12.1 Å². The first-order chi connectivity index (χ1) is 14.6. The lowest BCUT2D eigenvalue weighted by Crippen LogP contribution is -2.28. The van der Waals surface area contributed by atoms with E-state index < -0.39 is 32.9 Å². The maximum atomic E-state index is 12.9. The first-order valence-corrected chi connectivity index (χ1v) is 11.5. The number of carbonyl (C=O) groups is 1. The number of benzene rings is 1. The van der Waals surface area contributed by atoms with Crippen LogP contribution in [0.25, 0.3) is 11.1 Å². The fourth-order valence-corrected chi connectivity index (χ4v) is 5.64. The van der Waals surface area contributed by atoms with Crippen LogP contribution in [0.1, 0.15) is 41.3 Å². The molecule has 0 amide bonds. The molecule has 2 aromatic rings. The Labute approximate surface area is 177 Å². The number of pyridine rings is 1. The molecule has 0 saturated carbocycles. The van der Waals surface area contributed by atoms with E-state index in [0.29, 0.717) is 29.5 Å². The lowest BCUT2D eigenvalue weighted by Gasteiger charge is -2.21. The van der Waals surface area contributed by atoms with Gasteiger partial charge in [-0.15, -0.1) is 0 Å². The smallest absolute Gasteiger partial charge is 0.368 e. The Bertz CT molecular complexity index is 1160. The van der Waals surface area contributed by atoms with E-state index in [1.807, 2.05) is 0 Å². The van der Waals surface area contributed by atoms with Crippen LogP contribution in [0.4, 0.5) is 19.0 Å². The van der Waals surface area contributed by atoms with Crippen molar-refractivity contribution in [1.82, 2.24) is 4.98 Å². The second kappa shape index (κ2) is 7.74. The number of nitrogens with one attached hydrogen (secondary N) is 1. The molecule has 3 heterocycles. The van der Waals surface area contributed by atoms with Gasteiger partial charge >= 0.3 is 6.18 Å². The number of halogens is 3. The summed E-state index contributed by atoms with van der Waals surface area (Å²) < 4.78 is 62.8. The van der Waals surface area contributed by atoms with Crippen molar-refractivity contribution in [2.45, 2.75) is 37.2 Å². The summed E-state index contributed by atoms with van der Waals surface area (Å²) in [5, 5.41) is 2.47. The third-order valence-electron chi connectivity index (χ3n) is 5.66. The summed E-state index contributed by atoms with van der Waals surface area (Å²) in [5.74, 6) is 0.131. The lowest BCUT2D eigenvalue weighted by atomic mass is 9.91. The highest BCUT2D eigenvalue weighted by molar-refractivity contribution is 7.92. The van der Waals surface area contributed by atoms with Crippen LogP contribution in [0, 0.1) is 0 Å². The Balaban J connectivity index is 1.71. The molecule has 31 heavy (non-hydrogen) atoms. The summed E-state index contributed by atoms with van der Waals surface area (Å²) >= 11 is 0. The lowest BCUT2D eigenvalue weighted by molar-refractivity contribution is -0.137. The molecule has 0 spiro atoms. The molecule has 1 N–H and O–H groups in total. The molecule has 2 unspecified atom stereocenters. The Morgan fingerprint density at radius 2 is 1.90 bits per heavy atom. The molecule has 1 fully saturated rings. The zero-order valence-corrected chi connectivity index (χ0v) is 17.4. The minimum atomic E-state index is -4.45. The van der Waals surface area contributed by atoms with Crippen LogP contribution in [0.5, 0.6) is 0 Å². The van der Waals surface area contributed by atoms with Crippen LogP contribution in [-0.4, -0.2) is 49.0 Å². The van der Waals surface area contributed by atoms with Gasteiger partial charge in [0.25, 0.3) is 0 Å². The molecule has 1 aromatic carbocycles. The zero-order valence-electron chi connectivity index (χ0n) is 16.6. The summed E-state index contributed by atoms with van der Waals surface area (Å²) in [6, 6.07) is 3.98. The second-order valence-corrected chi connectivity index (χ2v) is 10.1. The molecule has 0 bridgehead atoms. The highest BCUT2D eigenvalue weighted by Crippen LogP contribution is 2.35. The van der Waals surface area contributed by atoms with Gasteiger partial charge in [-0.3, -0.25) is 9.79 Å². The minimum Gasteiger partial charge on any atom is -0.368 e. The van der Waals surface area contributed by atoms with Crippen molar-refractivity contribution in [3.8, 4) is 11.1 Å². The number of fused-ring (bicyclic) bond motifs is 1. The number of hydrogen-bond acceptors (Lipinski definition) is 6. The average molecular weight is 451 g/mol. The Hall–Kier alpha value is -2.75. The van der Waals surface area contributed by atoms with Crippen LogP contribution >= 0.6 is 0 Å². The average Bonchev–Trinajstić information content (AvgIpc) is 3.06. The van der Waals surface area contributed by atoms with Gasteiger partial charge in [0.2, 0.25) is 0 Å². The fraction of sp³-hybridized carbons (Fsp3) is 0.381. The van der Waals surface area contributed by atoms with Gasteiger partial charge < -0.3 is 5.32 Å². The number of ketones is 1. The Morgan fingerprint density at radius 1 is 1.19 bits per heavy atom. The summed E-state index contributed by atoms with van der Waals surface area (Å²) in [6.07, 6.45) is -0.310. The topological polar surface area (TPSA) is 88.5 Å². The number of anilines is 1. The molecule has 6 nitrogen and oxygen atoms in total. The maximum Gasteiger partial charge on any atom is 0.416 e. The predicted octanol–water partition coefficient (Wildman–Crippen LogP) is 3.76. The standard InChI is InChI=1S/C21H20F3N3O3S/c1-12-19(28)18-17(11-25-12)16(13-4-6-14(7-5-13)21(22,23)24)10-27-20(18)26-9-15-3-2-8-31(15,29)30/h4-7,10-12,15H,2-3,8-9H2,1H3,(H,26,27). The van der Waals surface area contributed by atoms with Crippen molar-refractivity contribution in [3.63, 3.8) is 0 Å². The van der Waals surface area contributed by atoms with E-state index >= 15 is 0 Å². The number of rotatable bonds is 4. The molecule has 2 aliphatic rings. The molecule has 1 aromatic heterocycles. The number of hydrogen-bond donors (Lipinski definition) is 1. The quantitative estimate of drug-likeness (QED) is 0.765. The van der Waals surface area contributed by atoms with Crippen LogP contribution in [0.3, 0.4) is 0 Å².